The Hall–Kier alpha value is -2.15. The van der Waals surface area contributed by atoms with Gasteiger partial charge in [-0.05, 0) is 32.9 Å². The number of rotatable bonds is 2. The van der Waals surface area contributed by atoms with Gasteiger partial charge in [0.2, 0.25) is 0 Å². The van der Waals surface area contributed by atoms with Crippen molar-refractivity contribution in [2.75, 3.05) is 31.7 Å². The fraction of sp³-hybridized carbons (Fsp3) is 0.579. The minimum atomic E-state index is -0.673. The quantitative estimate of drug-likeness (QED) is 0.715. The van der Waals surface area contributed by atoms with E-state index in [1.165, 1.54) is 12.0 Å². The summed E-state index contributed by atoms with van der Waals surface area (Å²) < 4.78 is 16.1. The number of hydrogen-bond acceptors (Lipinski definition) is 6. The Bertz CT molecular complexity index is 733. The number of esters is 1. The Labute approximate surface area is 164 Å². The van der Waals surface area contributed by atoms with Crippen LogP contribution in [-0.4, -0.2) is 61.5 Å². The second-order valence-corrected chi connectivity index (χ2v) is 8.15. The maximum atomic E-state index is 12.6. The number of halogens is 1. The number of amides is 1. The molecular weight excluding hydrogens is 372 g/mol. The molecule has 0 aliphatic carbocycles. The molecule has 0 radical (unpaired) electrons. The van der Waals surface area contributed by atoms with Gasteiger partial charge in [-0.2, -0.15) is 0 Å². The summed E-state index contributed by atoms with van der Waals surface area (Å²) in [5.74, 6) is 0.270. The van der Waals surface area contributed by atoms with Crippen LogP contribution >= 0.6 is 11.6 Å². The van der Waals surface area contributed by atoms with E-state index < -0.39 is 23.7 Å². The molecule has 0 spiro atoms. The van der Waals surface area contributed by atoms with Crippen molar-refractivity contribution in [3.8, 4) is 5.75 Å². The lowest BCUT2D eigenvalue weighted by atomic mass is 10.1. The first-order chi connectivity index (χ1) is 12.7. The summed E-state index contributed by atoms with van der Waals surface area (Å²) in [4.78, 5) is 28.6. The van der Waals surface area contributed by atoms with Crippen LogP contribution in [0.2, 0.25) is 5.02 Å². The van der Waals surface area contributed by atoms with Crippen LogP contribution in [0.5, 0.6) is 5.75 Å². The molecule has 1 fully saturated rings. The molecule has 2 heterocycles. The molecule has 0 N–H and O–H groups in total. The van der Waals surface area contributed by atoms with Crippen LogP contribution in [0.1, 0.15) is 27.2 Å². The van der Waals surface area contributed by atoms with Crippen LogP contribution in [0, 0.1) is 0 Å². The lowest BCUT2D eigenvalue weighted by molar-refractivity contribution is -0.145. The zero-order chi connectivity index (χ0) is 19.8. The van der Waals surface area contributed by atoms with Gasteiger partial charge < -0.3 is 19.1 Å². The summed E-state index contributed by atoms with van der Waals surface area (Å²) in [5.41, 5.74) is 0.267. The average molecular weight is 397 g/mol. The first-order valence-corrected chi connectivity index (χ1v) is 9.34. The number of anilines is 1. The molecule has 7 nitrogen and oxygen atoms in total. The molecule has 1 amide bonds. The largest absolute Gasteiger partial charge is 0.490 e. The van der Waals surface area contributed by atoms with Crippen LogP contribution in [0.15, 0.2) is 18.2 Å². The van der Waals surface area contributed by atoms with Gasteiger partial charge in [0.25, 0.3) is 0 Å². The van der Waals surface area contributed by atoms with Gasteiger partial charge in [-0.15, -0.1) is 0 Å². The van der Waals surface area contributed by atoms with Crippen molar-refractivity contribution >= 4 is 29.4 Å². The zero-order valence-electron chi connectivity index (χ0n) is 16.0. The van der Waals surface area contributed by atoms with Crippen molar-refractivity contribution in [2.45, 2.75) is 44.9 Å². The monoisotopic (exact) mass is 396 g/mol. The van der Waals surface area contributed by atoms with Crippen molar-refractivity contribution in [1.29, 1.82) is 0 Å². The molecule has 0 bridgehead atoms. The number of benzene rings is 1. The van der Waals surface area contributed by atoms with Crippen LogP contribution in [0.4, 0.5) is 10.5 Å². The summed E-state index contributed by atoms with van der Waals surface area (Å²) in [5, 5.41) is 0.602. The van der Waals surface area contributed by atoms with E-state index in [0.29, 0.717) is 36.9 Å². The van der Waals surface area contributed by atoms with E-state index in [0.717, 1.165) is 5.69 Å². The predicted molar refractivity (Wildman–Crippen MR) is 101 cm³/mol. The zero-order valence-corrected chi connectivity index (χ0v) is 16.8. The minimum Gasteiger partial charge on any atom is -0.490 e. The number of likely N-dealkylation sites (tertiary alicyclic amines) is 1. The number of hydrogen-bond donors (Lipinski definition) is 0. The Morgan fingerprint density at radius 3 is 2.70 bits per heavy atom. The van der Waals surface area contributed by atoms with Crippen LogP contribution < -0.4 is 9.64 Å². The summed E-state index contributed by atoms with van der Waals surface area (Å²) in [6.45, 7) is 6.94. The predicted octanol–water partition coefficient (Wildman–Crippen LogP) is 3.09. The maximum absolute atomic E-state index is 12.6. The van der Waals surface area contributed by atoms with E-state index in [9.17, 15) is 9.59 Å². The first kappa shape index (κ1) is 19.6. The van der Waals surface area contributed by atoms with E-state index >= 15 is 0 Å². The normalized spacial score (nSPS) is 22.1. The van der Waals surface area contributed by atoms with E-state index in [1.807, 2.05) is 6.07 Å². The van der Waals surface area contributed by atoms with Crippen LogP contribution in [0.25, 0.3) is 0 Å². The third-order valence-corrected chi connectivity index (χ3v) is 4.88. The lowest BCUT2D eigenvalue weighted by Crippen LogP contribution is -2.45. The van der Waals surface area contributed by atoms with Crippen molar-refractivity contribution in [1.82, 2.24) is 4.90 Å². The third-order valence-electron chi connectivity index (χ3n) is 4.64. The van der Waals surface area contributed by atoms with E-state index in [2.05, 4.69) is 4.90 Å². The molecule has 0 unspecified atom stereocenters. The molecule has 2 aliphatic heterocycles. The number of carbonyl (C=O) groups is 2. The van der Waals surface area contributed by atoms with Crippen molar-refractivity contribution in [3.63, 3.8) is 0 Å². The summed E-state index contributed by atoms with van der Waals surface area (Å²) in [6, 6.07) is 4.76. The van der Waals surface area contributed by atoms with Gasteiger partial charge in [0.05, 0.1) is 19.3 Å². The number of carbonyl (C=O) groups excluding carboxylic acids is 2. The Balaban J connectivity index is 1.84. The van der Waals surface area contributed by atoms with Crippen molar-refractivity contribution in [3.05, 3.63) is 23.2 Å². The smallest absolute Gasteiger partial charge is 0.411 e. The maximum Gasteiger partial charge on any atom is 0.411 e. The Morgan fingerprint density at radius 2 is 2.04 bits per heavy atom. The van der Waals surface area contributed by atoms with Crippen LogP contribution in [-0.2, 0) is 14.3 Å². The second-order valence-electron chi connectivity index (χ2n) is 7.72. The molecule has 1 saturated heterocycles. The molecule has 1 aromatic rings. The highest BCUT2D eigenvalue weighted by molar-refractivity contribution is 6.30. The van der Waals surface area contributed by atoms with Gasteiger partial charge >= 0.3 is 12.1 Å². The highest BCUT2D eigenvalue weighted by Gasteiger charge is 2.45. The van der Waals surface area contributed by atoms with Crippen LogP contribution in [0.3, 0.4) is 0 Å². The standard InChI is InChI=1S/C19H25ClN2O5/c1-19(2,3)27-18(24)22-11-13(10-15(22)17(23)25-4)21-7-8-26-16-9-12(20)5-6-14(16)21/h5-6,9,13,15H,7-8,10-11H2,1-4H3/t13-,15+/m0/s1. The molecule has 0 saturated carbocycles. The fourth-order valence-corrected chi connectivity index (χ4v) is 3.68. The molecule has 1 aromatic carbocycles. The Morgan fingerprint density at radius 1 is 1.30 bits per heavy atom. The molecule has 8 heteroatoms. The summed E-state index contributed by atoms with van der Waals surface area (Å²) in [7, 11) is 1.33. The molecule has 148 valence electrons. The average Bonchev–Trinajstić information content (AvgIpc) is 3.04. The highest BCUT2D eigenvalue weighted by Crippen LogP contribution is 2.38. The minimum absolute atomic E-state index is 0.0505. The van der Waals surface area contributed by atoms with Gasteiger partial charge in [-0.3, -0.25) is 4.90 Å². The second kappa shape index (κ2) is 7.46. The topological polar surface area (TPSA) is 68.3 Å². The molecular formula is C19H25ClN2O5. The van der Waals surface area contributed by atoms with Gasteiger partial charge in [-0.1, -0.05) is 11.6 Å². The molecule has 27 heavy (non-hydrogen) atoms. The highest BCUT2D eigenvalue weighted by atomic mass is 35.5. The fourth-order valence-electron chi connectivity index (χ4n) is 3.52. The van der Waals surface area contributed by atoms with Crippen molar-refractivity contribution in [2.24, 2.45) is 0 Å². The van der Waals surface area contributed by atoms with Crippen molar-refractivity contribution < 1.29 is 23.8 Å². The third kappa shape index (κ3) is 4.24. The number of nitrogens with zero attached hydrogens (tertiary/aromatic N) is 2. The molecule has 2 atom stereocenters. The number of methoxy groups -OCH3 is 1. The Kier molecular flexibility index (Phi) is 5.42. The van der Waals surface area contributed by atoms with Gasteiger partial charge in [-0.25, -0.2) is 9.59 Å². The molecule has 2 aliphatic rings. The molecule has 3 rings (SSSR count). The lowest BCUT2D eigenvalue weighted by Gasteiger charge is -2.36. The summed E-state index contributed by atoms with van der Waals surface area (Å²) >= 11 is 6.06. The van der Waals surface area contributed by atoms with E-state index in [1.54, 1.807) is 32.9 Å². The number of fused-ring (bicyclic) bond motifs is 1. The SMILES string of the molecule is COC(=O)[C@H]1C[C@H](N2CCOc3cc(Cl)ccc32)CN1C(=O)OC(C)(C)C. The number of ether oxygens (including phenoxy) is 3. The van der Waals surface area contributed by atoms with Gasteiger partial charge in [0.15, 0.2) is 0 Å². The molecule has 0 aromatic heterocycles. The van der Waals surface area contributed by atoms with E-state index in [4.69, 9.17) is 25.8 Å². The van der Waals surface area contributed by atoms with Gasteiger partial charge in [0, 0.05) is 30.1 Å². The van der Waals surface area contributed by atoms with E-state index in [-0.39, 0.29) is 6.04 Å². The first-order valence-electron chi connectivity index (χ1n) is 8.96. The summed E-state index contributed by atoms with van der Waals surface area (Å²) in [6.07, 6.45) is -0.0430. The van der Waals surface area contributed by atoms with Gasteiger partial charge in [0.1, 0.15) is 24.0 Å².